The number of anilines is 1. The largest absolute Gasteiger partial charge is 0.362 e. The zero-order valence-electron chi connectivity index (χ0n) is 17.2. The molecule has 0 fully saturated rings. The van der Waals surface area contributed by atoms with E-state index in [-0.39, 0.29) is 17.9 Å². The maximum atomic E-state index is 13.2. The SMILES string of the molecule is O=C1Nc2sc(C(=O)NC(Cc3ccccc3)c3ccccc3)cc2C1=Cc1ccc[nH]1. The predicted octanol–water partition coefficient (Wildman–Crippen LogP) is 5.28. The lowest BCUT2D eigenvalue weighted by molar-refractivity contribution is -0.110. The van der Waals surface area contributed by atoms with Crippen molar-refractivity contribution in [3.8, 4) is 0 Å². The third-order valence-corrected chi connectivity index (χ3v) is 6.48. The van der Waals surface area contributed by atoms with E-state index in [1.54, 1.807) is 12.1 Å². The highest BCUT2D eigenvalue weighted by molar-refractivity contribution is 7.18. The second kappa shape index (κ2) is 8.69. The number of hydrogen-bond donors (Lipinski definition) is 3. The van der Waals surface area contributed by atoms with Crippen LogP contribution >= 0.6 is 11.3 Å². The molecule has 158 valence electrons. The average Bonchev–Trinajstić information content (AvgIpc) is 3.53. The number of amides is 2. The molecule has 5 rings (SSSR count). The summed E-state index contributed by atoms with van der Waals surface area (Å²) in [5, 5.41) is 6.77. The molecule has 2 aromatic heterocycles. The van der Waals surface area contributed by atoms with Crippen molar-refractivity contribution in [3.05, 3.63) is 112 Å². The topological polar surface area (TPSA) is 74.0 Å². The molecule has 3 N–H and O–H groups in total. The summed E-state index contributed by atoms with van der Waals surface area (Å²) in [6, 6.07) is 25.5. The van der Waals surface area contributed by atoms with Gasteiger partial charge in [-0.1, -0.05) is 60.7 Å². The summed E-state index contributed by atoms with van der Waals surface area (Å²) >= 11 is 1.30. The molecule has 1 unspecified atom stereocenters. The number of carbonyl (C=O) groups excluding carboxylic acids is 2. The van der Waals surface area contributed by atoms with Crippen LogP contribution in [0.4, 0.5) is 5.00 Å². The Bertz CT molecular complexity index is 1280. The van der Waals surface area contributed by atoms with Crippen LogP contribution in [0.25, 0.3) is 11.6 Å². The van der Waals surface area contributed by atoms with E-state index in [1.807, 2.05) is 66.9 Å². The highest BCUT2D eigenvalue weighted by Crippen LogP contribution is 2.40. The highest BCUT2D eigenvalue weighted by atomic mass is 32.1. The van der Waals surface area contributed by atoms with Crippen molar-refractivity contribution < 1.29 is 9.59 Å². The molecule has 32 heavy (non-hydrogen) atoms. The van der Waals surface area contributed by atoms with E-state index in [1.165, 1.54) is 11.3 Å². The molecule has 6 heteroatoms. The van der Waals surface area contributed by atoms with Crippen molar-refractivity contribution in [2.45, 2.75) is 12.5 Å². The number of nitrogens with one attached hydrogen (secondary N) is 3. The monoisotopic (exact) mass is 439 g/mol. The number of aromatic nitrogens is 1. The van der Waals surface area contributed by atoms with Gasteiger partial charge in [0.15, 0.2) is 0 Å². The summed E-state index contributed by atoms with van der Waals surface area (Å²) in [5.74, 6) is -0.304. The maximum absolute atomic E-state index is 13.2. The lowest BCUT2D eigenvalue weighted by atomic mass is 9.98. The maximum Gasteiger partial charge on any atom is 0.261 e. The van der Waals surface area contributed by atoms with Crippen LogP contribution < -0.4 is 10.6 Å². The summed E-state index contributed by atoms with van der Waals surface area (Å²) in [6.45, 7) is 0. The van der Waals surface area contributed by atoms with Gasteiger partial charge < -0.3 is 15.6 Å². The van der Waals surface area contributed by atoms with E-state index in [0.29, 0.717) is 21.9 Å². The lowest BCUT2D eigenvalue weighted by Crippen LogP contribution is -2.29. The first kappa shape index (κ1) is 20.0. The van der Waals surface area contributed by atoms with Gasteiger partial charge in [-0.15, -0.1) is 11.3 Å². The molecule has 0 bridgehead atoms. The number of hydrogen-bond acceptors (Lipinski definition) is 3. The van der Waals surface area contributed by atoms with Gasteiger partial charge in [0.05, 0.1) is 16.5 Å². The minimum atomic E-state index is -0.161. The molecule has 1 atom stereocenters. The fourth-order valence-electron chi connectivity index (χ4n) is 3.84. The number of H-pyrrole nitrogens is 1. The van der Waals surface area contributed by atoms with E-state index in [0.717, 1.165) is 22.4 Å². The van der Waals surface area contributed by atoms with Crippen molar-refractivity contribution in [2.24, 2.45) is 0 Å². The van der Waals surface area contributed by atoms with E-state index in [2.05, 4.69) is 27.8 Å². The van der Waals surface area contributed by atoms with Crippen LogP contribution in [0.5, 0.6) is 0 Å². The normalized spacial score (nSPS) is 14.8. The first-order valence-electron chi connectivity index (χ1n) is 10.4. The Balaban J connectivity index is 1.40. The van der Waals surface area contributed by atoms with Crippen molar-refractivity contribution in [2.75, 3.05) is 5.32 Å². The first-order valence-corrected chi connectivity index (χ1v) is 11.2. The smallest absolute Gasteiger partial charge is 0.261 e. The third-order valence-electron chi connectivity index (χ3n) is 5.43. The Labute approximate surface area is 189 Å². The quantitative estimate of drug-likeness (QED) is 0.358. The minimum Gasteiger partial charge on any atom is -0.362 e. The fourth-order valence-corrected chi connectivity index (χ4v) is 4.81. The van der Waals surface area contributed by atoms with Gasteiger partial charge >= 0.3 is 0 Å². The predicted molar refractivity (Wildman–Crippen MR) is 128 cm³/mol. The Morgan fingerprint density at radius 3 is 2.47 bits per heavy atom. The second-order valence-electron chi connectivity index (χ2n) is 7.62. The van der Waals surface area contributed by atoms with Gasteiger partial charge in [0.2, 0.25) is 0 Å². The number of aromatic amines is 1. The molecular formula is C26H21N3O2S. The third kappa shape index (κ3) is 4.13. The lowest BCUT2D eigenvalue weighted by Gasteiger charge is -2.19. The summed E-state index contributed by atoms with van der Waals surface area (Å²) in [7, 11) is 0. The number of fused-ring (bicyclic) bond motifs is 1. The standard InChI is InChI=1S/C26H21N3O2S/c30-24-20(15-19-12-7-13-27-19)21-16-23(32-26(21)29-24)25(31)28-22(18-10-5-2-6-11-18)14-17-8-3-1-4-9-17/h1-13,15-16,22,27H,14H2,(H,28,31)(H,29,30). The molecule has 2 aromatic carbocycles. The summed E-state index contributed by atoms with van der Waals surface area (Å²) in [5.41, 5.74) is 4.36. The van der Waals surface area contributed by atoms with Crippen LogP contribution in [-0.4, -0.2) is 16.8 Å². The van der Waals surface area contributed by atoms with Crippen LogP contribution in [0, 0.1) is 0 Å². The Morgan fingerprint density at radius 1 is 1.00 bits per heavy atom. The number of benzene rings is 2. The summed E-state index contributed by atoms with van der Waals surface area (Å²) < 4.78 is 0. The molecule has 0 saturated heterocycles. The Kier molecular flexibility index (Phi) is 5.44. The Hall–Kier alpha value is -3.90. The first-order chi connectivity index (χ1) is 15.7. The van der Waals surface area contributed by atoms with Crippen LogP contribution in [0.3, 0.4) is 0 Å². The Morgan fingerprint density at radius 2 is 1.75 bits per heavy atom. The van der Waals surface area contributed by atoms with Gasteiger partial charge in [-0.05, 0) is 41.8 Å². The van der Waals surface area contributed by atoms with E-state index >= 15 is 0 Å². The molecule has 2 amide bonds. The molecule has 3 heterocycles. The van der Waals surface area contributed by atoms with Gasteiger partial charge in [0.1, 0.15) is 5.00 Å². The molecule has 0 aliphatic carbocycles. The highest BCUT2D eigenvalue weighted by Gasteiger charge is 2.29. The molecule has 0 saturated carbocycles. The van der Waals surface area contributed by atoms with Gasteiger partial charge in [0, 0.05) is 17.5 Å². The van der Waals surface area contributed by atoms with E-state index in [9.17, 15) is 9.59 Å². The molecule has 5 nitrogen and oxygen atoms in total. The van der Waals surface area contributed by atoms with Crippen molar-refractivity contribution >= 4 is 39.8 Å². The molecule has 1 aliphatic rings. The van der Waals surface area contributed by atoms with Gasteiger partial charge in [-0.3, -0.25) is 9.59 Å². The van der Waals surface area contributed by atoms with Crippen LogP contribution in [-0.2, 0) is 11.2 Å². The second-order valence-corrected chi connectivity index (χ2v) is 8.67. The fraction of sp³-hybridized carbons (Fsp3) is 0.0769. The van der Waals surface area contributed by atoms with Gasteiger partial charge in [0.25, 0.3) is 11.8 Å². The molecular weight excluding hydrogens is 418 g/mol. The molecule has 0 radical (unpaired) electrons. The number of rotatable bonds is 6. The van der Waals surface area contributed by atoms with Gasteiger partial charge in [-0.25, -0.2) is 0 Å². The van der Waals surface area contributed by atoms with Crippen molar-refractivity contribution in [3.63, 3.8) is 0 Å². The molecule has 1 aliphatic heterocycles. The average molecular weight is 440 g/mol. The summed E-state index contributed by atoms with van der Waals surface area (Å²) in [6.07, 6.45) is 4.30. The molecule has 0 spiro atoms. The minimum absolute atomic E-state index is 0.150. The van der Waals surface area contributed by atoms with E-state index in [4.69, 9.17) is 0 Å². The van der Waals surface area contributed by atoms with Crippen LogP contribution in [0.15, 0.2) is 85.1 Å². The van der Waals surface area contributed by atoms with E-state index < -0.39 is 0 Å². The zero-order chi connectivity index (χ0) is 21.9. The van der Waals surface area contributed by atoms with Crippen molar-refractivity contribution in [1.82, 2.24) is 10.3 Å². The zero-order valence-corrected chi connectivity index (χ0v) is 18.0. The molecule has 4 aromatic rings. The summed E-state index contributed by atoms with van der Waals surface area (Å²) in [4.78, 5) is 29.2. The number of carbonyl (C=O) groups is 2. The van der Waals surface area contributed by atoms with Crippen LogP contribution in [0.2, 0.25) is 0 Å². The van der Waals surface area contributed by atoms with Crippen LogP contribution in [0.1, 0.15) is 38.1 Å². The number of thiophene rings is 1. The van der Waals surface area contributed by atoms with Crippen molar-refractivity contribution in [1.29, 1.82) is 0 Å². The van der Waals surface area contributed by atoms with Gasteiger partial charge in [-0.2, -0.15) is 0 Å².